The van der Waals surface area contributed by atoms with E-state index in [1.54, 1.807) is 0 Å². The number of nitrogens with zero attached hydrogens (tertiary/aromatic N) is 2. The van der Waals surface area contributed by atoms with E-state index in [2.05, 4.69) is 35.1 Å². The smallest absolute Gasteiger partial charge is 0.305 e. The number of benzene rings is 2. The Hall–Kier alpha value is -3.41. The Bertz CT molecular complexity index is 1080. The van der Waals surface area contributed by atoms with Crippen LogP contribution < -0.4 is 10.5 Å². The molecule has 0 aliphatic rings. The van der Waals surface area contributed by atoms with Crippen molar-refractivity contribution < 1.29 is 14.3 Å². The first-order valence-corrected chi connectivity index (χ1v) is 11.6. The van der Waals surface area contributed by atoms with E-state index < -0.39 is 0 Å². The molecule has 0 saturated carbocycles. The molecule has 0 atom stereocenters. The zero-order valence-electron chi connectivity index (χ0n) is 19.9. The first-order chi connectivity index (χ1) is 15.9. The van der Waals surface area contributed by atoms with E-state index in [0.717, 1.165) is 36.0 Å². The van der Waals surface area contributed by atoms with Crippen molar-refractivity contribution in [2.45, 2.75) is 59.5 Å². The molecule has 0 spiro atoms. The van der Waals surface area contributed by atoms with Crippen LogP contribution in [-0.4, -0.2) is 28.6 Å². The number of aromatic nitrogens is 2. The van der Waals surface area contributed by atoms with E-state index in [-0.39, 0.29) is 12.1 Å². The van der Waals surface area contributed by atoms with E-state index in [1.807, 2.05) is 51.4 Å². The van der Waals surface area contributed by atoms with Crippen LogP contribution in [0.3, 0.4) is 0 Å². The number of ether oxygens (including phenoxy) is 2. The molecule has 33 heavy (non-hydrogen) atoms. The van der Waals surface area contributed by atoms with Gasteiger partial charge in [-0.05, 0) is 74.9 Å². The lowest BCUT2D eigenvalue weighted by atomic mass is 9.92. The van der Waals surface area contributed by atoms with Gasteiger partial charge in [0, 0.05) is 29.9 Å². The number of rotatable bonds is 10. The van der Waals surface area contributed by atoms with Crippen LogP contribution in [0, 0.1) is 0 Å². The molecule has 0 aliphatic heterocycles. The molecule has 0 aliphatic carbocycles. The topological polar surface area (TPSA) is 87.3 Å². The molecule has 0 radical (unpaired) electrons. The van der Waals surface area contributed by atoms with Gasteiger partial charge in [-0.1, -0.05) is 25.1 Å². The minimum atomic E-state index is -0.139. The van der Waals surface area contributed by atoms with Crippen molar-refractivity contribution in [2.24, 2.45) is 0 Å². The summed E-state index contributed by atoms with van der Waals surface area (Å²) in [6.07, 6.45) is 6.69. The average molecular weight is 448 g/mol. The number of nitrogen functional groups attached to an aromatic ring is 1. The van der Waals surface area contributed by atoms with Gasteiger partial charge in [-0.15, -0.1) is 0 Å². The van der Waals surface area contributed by atoms with Crippen molar-refractivity contribution >= 4 is 11.7 Å². The van der Waals surface area contributed by atoms with Crippen LogP contribution in [0.4, 0.5) is 5.69 Å². The summed E-state index contributed by atoms with van der Waals surface area (Å²) >= 11 is 0. The van der Waals surface area contributed by atoms with Crippen molar-refractivity contribution in [2.75, 3.05) is 12.3 Å². The molecule has 3 aromatic rings. The maximum absolute atomic E-state index is 11.7. The summed E-state index contributed by atoms with van der Waals surface area (Å²) in [7, 11) is 0. The quantitative estimate of drug-likeness (QED) is 0.320. The van der Waals surface area contributed by atoms with Gasteiger partial charge in [0.2, 0.25) is 0 Å². The van der Waals surface area contributed by atoms with Crippen LogP contribution in [-0.2, 0) is 22.4 Å². The van der Waals surface area contributed by atoms with Crippen molar-refractivity contribution in [3.05, 3.63) is 59.9 Å². The summed E-state index contributed by atoms with van der Waals surface area (Å²) in [6.45, 7) is 8.33. The molecular weight excluding hydrogens is 414 g/mol. The van der Waals surface area contributed by atoms with E-state index in [0.29, 0.717) is 30.3 Å². The summed E-state index contributed by atoms with van der Waals surface area (Å²) in [5.41, 5.74) is 12.2. The predicted molar refractivity (Wildman–Crippen MR) is 132 cm³/mol. The summed E-state index contributed by atoms with van der Waals surface area (Å²) in [5.74, 6) is 1.14. The number of aryl methyl sites for hydroxylation is 1. The minimum Gasteiger partial charge on any atom is -0.489 e. The fourth-order valence-corrected chi connectivity index (χ4v) is 3.88. The van der Waals surface area contributed by atoms with Gasteiger partial charge in [0.25, 0.3) is 0 Å². The van der Waals surface area contributed by atoms with Crippen LogP contribution in [0.2, 0.25) is 0 Å². The second-order valence-corrected chi connectivity index (χ2v) is 8.17. The SMILES string of the molecule is CCOC(=O)CCCc1cccc(-c2cnc(-c3ccc(OC(C)C)c(N)c3)nc2)c1CC. The number of anilines is 1. The van der Waals surface area contributed by atoms with E-state index >= 15 is 0 Å². The summed E-state index contributed by atoms with van der Waals surface area (Å²) in [6, 6.07) is 11.9. The zero-order chi connectivity index (χ0) is 23.8. The highest BCUT2D eigenvalue weighted by Crippen LogP contribution is 2.30. The summed E-state index contributed by atoms with van der Waals surface area (Å²) in [4.78, 5) is 20.9. The summed E-state index contributed by atoms with van der Waals surface area (Å²) < 4.78 is 10.7. The van der Waals surface area contributed by atoms with E-state index in [1.165, 1.54) is 11.1 Å². The molecule has 6 heteroatoms. The minimum absolute atomic E-state index is 0.0578. The number of nitrogens with two attached hydrogens (primary N) is 1. The fourth-order valence-electron chi connectivity index (χ4n) is 3.88. The van der Waals surface area contributed by atoms with Crippen molar-refractivity contribution in [3.63, 3.8) is 0 Å². The Morgan fingerprint density at radius 3 is 2.45 bits per heavy atom. The van der Waals surface area contributed by atoms with Gasteiger partial charge < -0.3 is 15.2 Å². The lowest BCUT2D eigenvalue weighted by Crippen LogP contribution is -2.07. The Morgan fingerprint density at radius 2 is 1.82 bits per heavy atom. The Kier molecular flexibility index (Phi) is 8.41. The van der Waals surface area contributed by atoms with Gasteiger partial charge in [-0.25, -0.2) is 9.97 Å². The Labute approximate surface area is 196 Å². The Morgan fingerprint density at radius 1 is 1.06 bits per heavy atom. The van der Waals surface area contributed by atoms with Crippen molar-refractivity contribution in [3.8, 4) is 28.3 Å². The number of hydrogen-bond acceptors (Lipinski definition) is 6. The standard InChI is InChI=1S/C27H33N3O3/c1-5-22-19(10-8-12-26(31)32-6-2)9-7-11-23(22)21-16-29-27(30-17-21)20-13-14-25(24(28)15-20)33-18(3)4/h7,9,11,13-18H,5-6,8,10,12,28H2,1-4H3. The lowest BCUT2D eigenvalue weighted by molar-refractivity contribution is -0.143. The molecule has 2 N–H and O–H groups in total. The number of carbonyl (C=O) groups is 1. The van der Waals surface area contributed by atoms with Gasteiger partial charge in [-0.3, -0.25) is 4.79 Å². The molecule has 174 valence electrons. The second-order valence-electron chi connectivity index (χ2n) is 8.17. The molecule has 1 heterocycles. The first kappa shape index (κ1) is 24.2. The average Bonchev–Trinajstić information content (AvgIpc) is 2.80. The highest BCUT2D eigenvalue weighted by Gasteiger charge is 2.12. The highest BCUT2D eigenvalue weighted by atomic mass is 16.5. The third-order valence-electron chi connectivity index (χ3n) is 5.35. The third kappa shape index (κ3) is 6.31. The number of carbonyl (C=O) groups excluding carboxylic acids is 1. The highest BCUT2D eigenvalue weighted by molar-refractivity contribution is 5.71. The van der Waals surface area contributed by atoms with Gasteiger partial charge in [0.15, 0.2) is 5.82 Å². The normalized spacial score (nSPS) is 10.9. The van der Waals surface area contributed by atoms with E-state index in [9.17, 15) is 4.79 Å². The lowest BCUT2D eigenvalue weighted by Gasteiger charge is -2.14. The van der Waals surface area contributed by atoms with Crippen LogP contribution in [0.15, 0.2) is 48.8 Å². The Balaban J connectivity index is 1.79. The molecular formula is C27H33N3O3. The fraction of sp³-hybridized carbons (Fsp3) is 0.370. The molecule has 6 nitrogen and oxygen atoms in total. The van der Waals surface area contributed by atoms with Crippen LogP contribution in [0.25, 0.3) is 22.5 Å². The molecule has 0 fully saturated rings. The van der Waals surface area contributed by atoms with Gasteiger partial charge >= 0.3 is 5.97 Å². The van der Waals surface area contributed by atoms with Crippen molar-refractivity contribution in [1.29, 1.82) is 0 Å². The maximum Gasteiger partial charge on any atom is 0.305 e. The van der Waals surface area contributed by atoms with Gasteiger partial charge in [-0.2, -0.15) is 0 Å². The largest absolute Gasteiger partial charge is 0.489 e. The van der Waals surface area contributed by atoms with E-state index in [4.69, 9.17) is 15.2 Å². The summed E-state index contributed by atoms with van der Waals surface area (Å²) in [5, 5.41) is 0. The van der Waals surface area contributed by atoms with Crippen LogP contribution >= 0.6 is 0 Å². The molecule has 0 unspecified atom stereocenters. The molecule has 0 saturated heterocycles. The molecule has 0 amide bonds. The second kappa shape index (κ2) is 11.5. The zero-order valence-corrected chi connectivity index (χ0v) is 19.9. The number of hydrogen-bond donors (Lipinski definition) is 1. The molecule has 2 aromatic carbocycles. The monoisotopic (exact) mass is 447 g/mol. The van der Waals surface area contributed by atoms with Crippen molar-refractivity contribution in [1.82, 2.24) is 9.97 Å². The van der Waals surface area contributed by atoms with Crippen LogP contribution in [0.1, 0.15) is 51.7 Å². The third-order valence-corrected chi connectivity index (χ3v) is 5.35. The molecule has 1 aromatic heterocycles. The number of esters is 1. The van der Waals surface area contributed by atoms with Crippen LogP contribution in [0.5, 0.6) is 5.75 Å². The first-order valence-electron chi connectivity index (χ1n) is 11.6. The van der Waals surface area contributed by atoms with Gasteiger partial charge in [0.05, 0.1) is 18.4 Å². The maximum atomic E-state index is 11.7. The predicted octanol–water partition coefficient (Wildman–Crippen LogP) is 5.63. The molecule has 0 bridgehead atoms. The van der Waals surface area contributed by atoms with Gasteiger partial charge in [0.1, 0.15) is 5.75 Å². The molecule has 3 rings (SSSR count).